The van der Waals surface area contributed by atoms with Crippen molar-refractivity contribution in [3.8, 4) is 0 Å². The first kappa shape index (κ1) is 9.03. The van der Waals surface area contributed by atoms with E-state index < -0.39 is 11.5 Å². The average Bonchev–Trinajstić information content (AvgIpc) is 2.32. The minimum atomic E-state index is -1.02. The van der Waals surface area contributed by atoms with E-state index in [9.17, 15) is 9.59 Å². The molecule has 4 nitrogen and oxygen atoms in total. The molecule has 4 heteroatoms. The van der Waals surface area contributed by atoms with E-state index >= 15 is 0 Å². The molecule has 68 valence electrons. The summed E-state index contributed by atoms with van der Waals surface area (Å²) >= 11 is 0. The number of hydrogen-bond donors (Lipinski definition) is 2. The number of nitrogens with one attached hydrogen (secondary N) is 1. The molecule has 1 heterocycles. The smallest absolute Gasteiger partial charge is 0.329 e. The minimum absolute atomic E-state index is 0.0681. The van der Waals surface area contributed by atoms with Crippen molar-refractivity contribution in [2.75, 3.05) is 0 Å². The van der Waals surface area contributed by atoms with Crippen LogP contribution in [0.2, 0.25) is 0 Å². The van der Waals surface area contributed by atoms with Crippen LogP contribution in [0.4, 0.5) is 0 Å². The zero-order chi connectivity index (χ0) is 9.35. The third-order valence-electron chi connectivity index (χ3n) is 2.48. The highest BCUT2D eigenvalue weighted by Crippen LogP contribution is 2.28. The molecule has 0 radical (unpaired) electrons. The standard InChI is InChI=1S/C8H13NO3/c1-5(2)8(7(11)12)4-3-6(10)9-8/h5H,3-4H2,1-2H3,(H,9,10)(H,11,12)/t8-/m0/s1. The molecule has 0 saturated carbocycles. The number of carbonyl (C=O) groups is 2. The van der Waals surface area contributed by atoms with Gasteiger partial charge >= 0.3 is 5.97 Å². The second-order valence-corrected chi connectivity index (χ2v) is 3.48. The Hall–Kier alpha value is -1.06. The lowest BCUT2D eigenvalue weighted by atomic mass is 9.85. The van der Waals surface area contributed by atoms with Gasteiger partial charge in [0.15, 0.2) is 0 Å². The molecule has 0 aromatic heterocycles. The monoisotopic (exact) mass is 171 g/mol. The Balaban J connectivity index is 2.89. The molecule has 1 amide bonds. The van der Waals surface area contributed by atoms with Gasteiger partial charge in [0.1, 0.15) is 5.54 Å². The number of rotatable bonds is 2. The molecule has 1 aliphatic heterocycles. The topological polar surface area (TPSA) is 66.4 Å². The maximum atomic E-state index is 10.9. The molecule has 0 aliphatic carbocycles. The fraction of sp³-hybridized carbons (Fsp3) is 0.750. The van der Waals surface area contributed by atoms with Crippen molar-refractivity contribution < 1.29 is 14.7 Å². The summed E-state index contributed by atoms with van der Waals surface area (Å²) in [5, 5.41) is 11.5. The van der Waals surface area contributed by atoms with Crippen molar-refractivity contribution in [3.63, 3.8) is 0 Å². The van der Waals surface area contributed by atoms with Crippen LogP contribution in [0, 0.1) is 5.92 Å². The molecule has 1 atom stereocenters. The van der Waals surface area contributed by atoms with Crippen LogP contribution in [0.3, 0.4) is 0 Å². The fourth-order valence-corrected chi connectivity index (χ4v) is 1.52. The second kappa shape index (κ2) is 2.77. The Morgan fingerprint density at radius 3 is 2.42 bits per heavy atom. The molecule has 0 aromatic rings. The lowest BCUT2D eigenvalue weighted by molar-refractivity contribution is -0.147. The molecule has 0 unspecified atom stereocenters. The summed E-state index contributed by atoms with van der Waals surface area (Å²) in [5.41, 5.74) is -1.02. The molecule has 1 fully saturated rings. The van der Waals surface area contributed by atoms with Crippen LogP contribution in [0.25, 0.3) is 0 Å². The second-order valence-electron chi connectivity index (χ2n) is 3.48. The zero-order valence-electron chi connectivity index (χ0n) is 7.26. The molecular weight excluding hydrogens is 158 g/mol. The number of carboxylic acid groups (broad SMARTS) is 1. The van der Waals surface area contributed by atoms with Crippen LogP contribution in [-0.4, -0.2) is 22.5 Å². The molecule has 0 aromatic carbocycles. The molecule has 2 N–H and O–H groups in total. The van der Waals surface area contributed by atoms with Gasteiger partial charge in [-0.2, -0.15) is 0 Å². The van der Waals surface area contributed by atoms with Gasteiger partial charge in [0, 0.05) is 6.42 Å². The minimum Gasteiger partial charge on any atom is -0.479 e. The lowest BCUT2D eigenvalue weighted by Gasteiger charge is -2.28. The number of amides is 1. The van der Waals surface area contributed by atoms with Gasteiger partial charge in [0.05, 0.1) is 0 Å². The summed E-state index contributed by atoms with van der Waals surface area (Å²) in [7, 11) is 0. The van der Waals surface area contributed by atoms with Crippen LogP contribution in [0.15, 0.2) is 0 Å². The highest BCUT2D eigenvalue weighted by atomic mass is 16.4. The lowest BCUT2D eigenvalue weighted by Crippen LogP contribution is -2.52. The van der Waals surface area contributed by atoms with E-state index in [4.69, 9.17) is 5.11 Å². The molecule has 0 bridgehead atoms. The highest BCUT2D eigenvalue weighted by Gasteiger charge is 2.47. The van der Waals surface area contributed by atoms with Gasteiger partial charge in [-0.3, -0.25) is 4.79 Å². The first-order chi connectivity index (χ1) is 5.49. The Bertz CT molecular complexity index is 224. The van der Waals surface area contributed by atoms with Crippen LogP contribution in [-0.2, 0) is 9.59 Å². The largest absolute Gasteiger partial charge is 0.479 e. The van der Waals surface area contributed by atoms with Gasteiger partial charge in [-0.1, -0.05) is 13.8 Å². The van der Waals surface area contributed by atoms with E-state index in [1.807, 2.05) is 0 Å². The van der Waals surface area contributed by atoms with Crippen molar-refractivity contribution in [2.45, 2.75) is 32.2 Å². The van der Waals surface area contributed by atoms with E-state index in [1.165, 1.54) is 0 Å². The third kappa shape index (κ3) is 1.17. The van der Waals surface area contributed by atoms with Crippen molar-refractivity contribution in [3.05, 3.63) is 0 Å². The van der Waals surface area contributed by atoms with E-state index in [0.717, 1.165) is 0 Å². The Morgan fingerprint density at radius 2 is 2.25 bits per heavy atom. The van der Waals surface area contributed by atoms with Gasteiger partial charge in [-0.05, 0) is 12.3 Å². The zero-order valence-corrected chi connectivity index (χ0v) is 7.26. The number of aliphatic carboxylic acids is 1. The summed E-state index contributed by atoms with van der Waals surface area (Å²) in [6.07, 6.45) is 0.726. The SMILES string of the molecule is CC(C)[C@]1(C(=O)O)CCC(=O)N1. The predicted molar refractivity (Wildman–Crippen MR) is 42.6 cm³/mol. The van der Waals surface area contributed by atoms with Crippen molar-refractivity contribution in [1.29, 1.82) is 0 Å². The van der Waals surface area contributed by atoms with Gasteiger partial charge in [-0.15, -0.1) is 0 Å². The molecule has 1 aliphatic rings. The molecule has 0 spiro atoms. The van der Waals surface area contributed by atoms with Crippen LogP contribution < -0.4 is 5.32 Å². The molecule has 1 rings (SSSR count). The van der Waals surface area contributed by atoms with Gasteiger partial charge in [0.25, 0.3) is 0 Å². The van der Waals surface area contributed by atoms with E-state index in [1.54, 1.807) is 13.8 Å². The van der Waals surface area contributed by atoms with Crippen molar-refractivity contribution in [1.82, 2.24) is 5.32 Å². The number of carboxylic acids is 1. The summed E-state index contributed by atoms with van der Waals surface area (Å²) in [4.78, 5) is 21.8. The Labute approximate surface area is 71.0 Å². The quantitative estimate of drug-likeness (QED) is 0.631. The number of carbonyl (C=O) groups excluding carboxylic acids is 1. The maximum Gasteiger partial charge on any atom is 0.329 e. The summed E-state index contributed by atoms with van der Waals surface area (Å²) in [6.45, 7) is 3.61. The average molecular weight is 171 g/mol. The van der Waals surface area contributed by atoms with Gasteiger partial charge < -0.3 is 10.4 Å². The first-order valence-corrected chi connectivity index (χ1v) is 4.03. The van der Waals surface area contributed by atoms with Gasteiger partial charge in [0.2, 0.25) is 5.91 Å². The normalized spacial score (nSPS) is 29.1. The van der Waals surface area contributed by atoms with E-state index in [0.29, 0.717) is 12.8 Å². The van der Waals surface area contributed by atoms with Crippen LogP contribution >= 0.6 is 0 Å². The summed E-state index contributed by atoms with van der Waals surface area (Å²) < 4.78 is 0. The first-order valence-electron chi connectivity index (χ1n) is 4.03. The third-order valence-corrected chi connectivity index (χ3v) is 2.48. The summed E-state index contributed by atoms with van der Waals surface area (Å²) in [6, 6.07) is 0. The highest BCUT2D eigenvalue weighted by molar-refractivity contribution is 5.91. The van der Waals surface area contributed by atoms with Gasteiger partial charge in [-0.25, -0.2) is 4.79 Å². The maximum absolute atomic E-state index is 10.9. The van der Waals surface area contributed by atoms with Crippen molar-refractivity contribution in [2.24, 2.45) is 5.92 Å². The summed E-state index contributed by atoms with van der Waals surface area (Å²) in [5.74, 6) is -1.16. The predicted octanol–water partition coefficient (Wildman–Crippen LogP) is 0.376. The number of hydrogen-bond acceptors (Lipinski definition) is 2. The fourth-order valence-electron chi connectivity index (χ4n) is 1.52. The van der Waals surface area contributed by atoms with E-state index in [2.05, 4.69) is 5.32 Å². The Kier molecular flexibility index (Phi) is 2.08. The molecule has 12 heavy (non-hydrogen) atoms. The Morgan fingerprint density at radius 1 is 1.67 bits per heavy atom. The van der Waals surface area contributed by atoms with E-state index in [-0.39, 0.29) is 11.8 Å². The molecular formula is C8H13NO3. The molecule has 1 saturated heterocycles. The van der Waals surface area contributed by atoms with Crippen LogP contribution in [0.1, 0.15) is 26.7 Å². The van der Waals surface area contributed by atoms with Crippen LogP contribution in [0.5, 0.6) is 0 Å². The van der Waals surface area contributed by atoms with Crippen molar-refractivity contribution >= 4 is 11.9 Å².